The van der Waals surface area contributed by atoms with Crippen LogP contribution in [-0.4, -0.2) is 9.97 Å². The molecule has 1 aliphatic carbocycles. The van der Waals surface area contributed by atoms with E-state index < -0.39 is 0 Å². The van der Waals surface area contributed by atoms with Crippen LogP contribution in [0.4, 0.5) is 0 Å². The highest BCUT2D eigenvalue weighted by molar-refractivity contribution is 7.26. The van der Waals surface area contributed by atoms with Crippen LogP contribution in [0.3, 0.4) is 0 Å². The summed E-state index contributed by atoms with van der Waals surface area (Å²) in [4.78, 5) is 10.8. The van der Waals surface area contributed by atoms with Crippen LogP contribution in [0.2, 0.25) is 0 Å². The number of hydrogen-bond donors (Lipinski definition) is 0. The third-order valence-corrected chi connectivity index (χ3v) is 14.2. The van der Waals surface area contributed by atoms with E-state index in [1.54, 1.807) is 0 Å². The summed E-state index contributed by atoms with van der Waals surface area (Å²) >= 11 is 1.86. The van der Waals surface area contributed by atoms with E-state index >= 15 is 0 Å². The molecule has 3 heteroatoms. The van der Waals surface area contributed by atoms with Crippen LogP contribution in [0, 0.1) is 0 Å². The molecule has 2 aromatic heterocycles. The van der Waals surface area contributed by atoms with Crippen molar-refractivity contribution in [3.8, 4) is 78.4 Å². The van der Waals surface area contributed by atoms with Crippen molar-refractivity contribution >= 4 is 31.5 Å². The van der Waals surface area contributed by atoms with Crippen molar-refractivity contribution in [2.45, 2.75) is 12.3 Å². The highest BCUT2D eigenvalue weighted by Crippen LogP contribution is 2.53. The second-order valence-corrected chi connectivity index (χ2v) is 17.7. The van der Waals surface area contributed by atoms with Gasteiger partial charge in [-0.3, -0.25) is 0 Å². The Morgan fingerprint density at radius 1 is 0.349 bits per heavy atom. The lowest BCUT2D eigenvalue weighted by Gasteiger charge is -2.28. The number of fused-ring (bicyclic) bond motifs is 6. The first-order chi connectivity index (χ1) is 31.1. The monoisotopic (exact) mass is 820 g/mol. The molecule has 0 saturated carbocycles. The molecule has 0 N–H and O–H groups in total. The largest absolute Gasteiger partial charge is 0.228 e. The Kier molecular flexibility index (Phi) is 8.84. The number of hydrogen-bond acceptors (Lipinski definition) is 3. The van der Waals surface area contributed by atoms with Crippen LogP contribution < -0.4 is 0 Å². The van der Waals surface area contributed by atoms with Crippen molar-refractivity contribution in [1.29, 1.82) is 0 Å². The Morgan fingerprint density at radius 2 is 0.889 bits per heavy atom. The summed E-state index contributed by atoms with van der Waals surface area (Å²) in [6.07, 6.45) is 0. The standard InChI is InChI=1S/C60H40N2S/c1-60(45-22-9-4-10-23-45)53-30-15-13-26-49(53)52-37-41(32-33-54(52)60)55-38-56(62-59(61-55)40-20-7-3-8-21-40)44-35-42(47-25-12-11-24-46(47)39-18-5-2-6-19-39)34-43(36-44)48-28-17-29-51-50-27-14-16-31-57(50)63-58(48)51/h2-38H,1H3. The van der Waals surface area contributed by atoms with Gasteiger partial charge in [-0.2, -0.15) is 0 Å². The summed E-state index contributed by atoms with van der Waals surface area (Å²) in [5, 5.41) is 2.57. The van der Waals surface area contributed by atoms with Gasteiger partial charge in [0.1, 0.15) is 0 Å². The molecule has 0 aliphatic heterocycles. The zero-order valence-corrected chi connectivity index (χ0v) is 35.5. The minimum Gasteiger partial charge on any atom is -0.228 e. The number of rotatable bonds is 7. The van der Waals surface area contributed by atoms with Crippen molar-refractivity contribution in [1.82, 2.24) is 9.97 Å². The highest BCUT2D eigenvalue weighted by atomic mass is 32.1. The molecule has 0 fully saturated rings. The van der Waals surface area contributed by atoms with Crippen LogP contribution in [0.5, 0.6) is 0 Å². The second-order valence-electron chi connectivity index (χ2n) is 16.6. The first-order valence-corrected chi connectivity index (χ1v) is 22.4. The molecule has 0 saturated heterocycles. The third-order valence-electron chi connectivity index (χ3n) is 13.0. The maximum atomic E-state index is 5.41. The quantitative estimate of drug-likeness (QED) is 0.160. The van der Waals surface area contributed by atoms with Gasteiger partial charge in [-0.05, 0) is 105 Å². The van der Waals surface area contributed by atoms with Crippen LogP contribution in [-0.2, 0) is 5.41 Å². The zero-order valence-electron chi connectivity index (χ0n) is 34.7. The van der Waals surface area contributed by atoms with Crippen molar-refractivity contribution in [3.63, 3.8) is 0 Å². The summed E-state index contributed by atoms with van der Waals surface area (Å²) < 4.78 is 2.58. The summed E-state index contributed by atoms with van der Waals surface area (Å²) in [6, 6.07) is 81.2. The van der Waals surface area contributed by atoms with Crippen molar-refractivity contribution in [2.75, 3.05) is 0 Å². The van der Waals surface area contributed by atoms with E-state index in [-0.39, 0.29) is 5.41 Å². The Hall–Kier alpha value is -7.72. The van der Waals surface area contributed by atoms with Gasteiger partial charge in [0.2, 0.25) is 0 Å². The van der Waals surface area contributed by atoms with Gasteiger partial charge in [0.05, 0.1) is 11.4 Å². The van der Waals surface area contributed by atoms with Gasteiger partial charge >= 0.3 is 0 Å². The lowest BCUT2D eigenvalue weighted by atomic mass is 9.74. The Labute approximate surface area is 371 Å². The third kappa shape index (κ3) is 6.23. The molecule has 0 spiro atoms. The summed E-state index contributed by atoms with van der Waals surface area (Å²) in [5.74, 6) is 0.696. The lowest BCUT2D eigenvalue weighted by molar-refractivity contribution is 0.714. The van der Waals surface area contributed by atoms with Crippen LogP contribution in [0.15, 0.2) is 224 Å². The number of thiophene rings is 1. The maximum Gasteiger partial charge on any atom is 0.160 e. The molecule has 0 radical (unpaired) electrons. The average molecular weight is 821 g/mol. The molecular formula is C60H40N2S. The predicted molar refractivity (Wildman–Crippen MR) is 265 cm³/mol. The Bertz CT molecular complexity index is 3520. The van der Waals surface area contributed by atoms with Gasteiger partial charge in [-0.25, -0.2) is 9.97 Å². The van der Waals surface area contributed by atoms with E-state index in [1.807, 2.05) is 17.4 Å². The first-order valence-electron chi connectivity index (χ1n) is 21.6. The molecule has 1 unspecified atom stereocenters. The minimum absolute atomic E-state index is 0.276. The minimum atomic E-state index is -0.276. The van der Waals surface area contributed by atoms with Gasteiger partial charge in [0.25, 0.3) is 0 Å². The first kappa shape index (κ1) is 37.1. The molecule has 2 heterocycles. The molecular weight excluding hydrogens is 781 g/mol. The smallest absolute Gasteiger partial charge is 0.160 e. The van der Waals surface area contributed by atoms with Gasteiger partial charge in [0.15, 0.2) is 5.82 Å². The highest BCUT2D eigenvalue weighted by Gasteiger charge is 2.40. The average Bonchev–Trinajstić information content (AvgIpc) is 3.87. The van der Waals surface area contributed by atoms with E-state index in [4.69, 9.17) is 9.97 Å². The molecule has 1 atom stereocenters. The van der Waals surface area contributed by atoms with E-state index in [0.29, 0.717) is 5.82 Å². The Balaban J connectivity index is 1.09. The van der Waals surface area contributed by atoms with Crippen LogP contribution in [0.25, 0.3) is 98.6 Å². The summed E-state index contributed by atoms with van der Waals surface area (Å²) in [6.45, 7) is 2.36. The second kappa shape index (κ2) is 15.0. The van der Waals surface area contributed by atoms with E-state index in [9.17, 15) is 0 Å². The molecule has 0 bridgehead atoms. The molecule has 63 heavy (non-hydrogen) atoms. The predicted octanol–water partition coefficient (Wildman–Crippen LogP) is 16.2. The van der Waals surface area contributed by atoms with Crippen LogP contribution in [0.1, 0.15) is 23.6 Å². The topological polar surface area (TPSA) is 25.8 Å². The van der Waals surface area contributed by atoms with E-state index in [2.05, 4.69) is 225 Å². The van der Waals surface area contributed by atoms with E-state index in [1.165, 1.54) is 70.2 Å². The number of aromatic nitrogens is 2. The fourth-order valence-corrected chi connectivity index (χ4v) is 11.1. The van der Waals surface area contributed by atoms with E-state index in [0.717, 1.165) is 39.2 Å². The normalized spacial score (nSPS) is 14.2. The molecule has 9 aromatic carbocycles. The Morgan fingerprint density at radius 3 is 1.65 bits per heavy atom. The van der Waals surface area contributed by atoms with Gasteiger partial charge < -0.3 is 0 Å². The molecule has 0 amide bonds. The fourth-order valence-electron chi connectivity index (χ4n) is 9.87. The molecule has 2 nitrogen and oxygen atoms in total. The van der Waals surface area contributed by atoms with Gasteiger partial charge in [-0.1, -0.05) is 188 Å². The van der Waals surface area contributed by atoms with Crippen molar-refractivity contribution < 1.29 is 0 Å². The molecule has 12 rings (SSSR count). The van der Waals surface area contributed by atoms with Gasteiger partial charge in [0, 0.05) is 42.3 Å². The SMILES string of the molecule is CC1(c2ccccc2)c2ccccc2-c2cc(-c3cc(-c4cc(-c5ccccc5-c5ccccc5)cc(-c5cccc6c5sc5ccccc56)c4)nc(-c4ccccc4)n3)ccc21. The zero-order chi connectivity index (χ0) is 41.9. The van der Waals surface area contributed by atoms with Crippen molar-refractivity contribution in [3.05, 3.63) is 241 Å². The summed E-state index contributed by atoms with van der Waals surface area (Å²) in [5.41, 5.74) is 18.0. The fraction of sp³-hybridized carbons (Fsp3) is 0.0333. The maximum absolute atomic E-state index is 5.41. The molecule has 11 aromatic rings. The van der Waals surface area contributed by atoms with Crippen LogP contribution >= 0.6 is 11.3 Å². The molecule has 1 aliphatic rings. The number of benzene rings is 9. The molecule has 296 valence electrons. The lowest BCUT2D eigenvalue weighted by Crippen LogP contribution is -2.22. The van der Waals surface area contributed by atoms with Crippen molar-refractivity contribution in [2.24, 2.45) is 0 Å². The summed E-state index contributed by atoms with van der Waals surface area (Å²) in [7, 11) is 0. The number of nitrogens with zero attached hydrogens (tertiary/aromatic N) is 2. The van der Waals surface area contributed by atoms with Gasteiger partial charge in [-0.15, -0.1) is 11.3 Å².